The van der Waals surface area contributed by atoms with Crippen molar-refractivity contribution in [2.45, 2.75) is 18.7 Å². The van der Waals surface area contributed by atoms with Gasteiger partial charge in [0.05, 0.1) is 0 Å². The summed E-state index contributed by atoms with van der Waals surface area (Å²) in [4.78, 5) is 0.413. The van der Waals surface area contributed by atoms with Crippen molar-refractivity contribution in [2.75, 3.05) is 0 Å². The second-order valence-electron chi connectivity index (χ2n) is 3.62. The standard InChI is InChI=1S/C12H12O2S/c1-8-7-9(2)12(15(13)14)11-6-4-3-5-10(8)11/h3-7H,1-2H3,(H,13,14)/p-1. The zero-order chi connectivity index (χ0) is 11.0. The number of fused-ring (bicyclic) bond motifs is 1. The Morgan fingerprint density at radius 3 is 2.27 bits per heavy atom. The molecule has 0 saturated heterocycles. The van der Waals surface area contributed by atoms with Crippen LogP contribution in [0.1, 0.15) is 11.1 Å². The molecule has 3 heteroatoms. The van der Waals surface area contributed by atoms with E-state index in [2.05, 4.69) is 0 Å². The molecule has 0 spiro atoms. The van der Waals surface area contributed by atoms with Crippen LogP contribution >= 0.6 is 0 Å². The molecular formula is C12H11O2S-. The van der Waals surface area contributed by atoms with Crippen LogP contribution in [0.25, 0.3) is 10.8 Å². The van der Waals surface area contributed by atoms with Crippen LogP contribution in [-0.2, 0) is 11.1 Å². The normalized spacial score (nSPS) is 13.0. The lowest BCUT2D eigenvalue weighted by Gasteiger charge is -2.14. The zero-order valence-corrected chi connectivity index (χ0v) is 9.43. The average molecular weight is 219 g/mol. The van der Waals surface area contributed by atoms with Crippen molar-refractivity contribution in [3.8, 4) is 0 Å². The number of rotatable bonds is 1. The largest absolute Gasteiger partial charge is 0.768 e. The first-order valence-corrected chi connectivity index (χ1v) is 5.77. The molecule has 0 N–H and O–H groups in total. The van der Waals surface area contributed by atoms with E-state index in [4.69, 9.17) is 0 Å². The molecular weight excluding hydrogens is 208 g/mol. The second-order valence-corrected chi connectivity index (χ2v) is 4.50. The summed E-state index contributed by atoms with van der Waals surface area (Å²) in [5.74, 6) is 0. The third-order valence-corrected chi connectivity index (χ3v) is 3.43. The van der Waals surface area contributed by atoms with Crippen molar-refractivity contribution < 1.29 is 8.76 Å². The molecule has 2 aromatic carbocycles. The summed E-state index contributed by atoms with van der Waals surface area (Å²) in [5, 5.41) is 1.81. The van der Waals surface area contributed by atoms with Gasteiger partial charge in [0, 0.05) is 4.90 Å². The molecule has 0 amide bonds. The molecule has 1 unspecified atom stereocenters. The topological polar surface area (TPSA) is 40.1 Å². The Hall–Kier alpha value is -1.19. The van der Waals surface area contributed by atoms with Gasteiger partial charge in [0.25, 0.3) is 0 Å². The van der Waals surface area contributed by atoms with Crippen molar-refractivity contribution >= 4 is 21.9 Å². The number of hydrogen-bond acceptors (Lipinski definition) is 2. The van der Waals surface area contributed by atoms with Crippen LogP contribution in [-0.4, -0.2) is 8.76 Å². The van der Waals surface area contributed by atoms with Crippen LogP contribution in [0.3, 0.4) is 0 Å². The van der Waals surface area contributed by atoms with E-state index in [1.54, 1.807) is 0 Å². The van der Waals surface area contributed by atoms with Gasteiger partial charge in [-0.15, -0.1) is 0 Å². The monoisotopic (exact) mass is 219 g/mol. The van der Waals surface area contributed by atoms with Crippen LogP contribution in [0.2, 0.25) is 0 Å². The molecule has 0 aliphatic heterocycles. The highest BCUT2D eigenvalue weighted by molar-refractivity contribution is 7.79. The molecule has 0 bridgehead atoms. The number of aryl methyl sites for hydroxylation is 2. The van der Waals surface area contributed by atoms with Crippen LogP contribution in [0, 0.1) is 13.8 Å². The lowest BCUT2D eigenvalue weighted by atomic mass is 10.0. The molecule has 2 aromatic rings. The maximum absolute atomic E-state index is 11.1. The van der Waals surface area contributed by atoms with Gasteiger partial charge in [0.2, 0.25) is 0 Å². The van der Waals surface area contributed by atoms with Crippen molar-refractivity contribution in [1.29, 1.82) is 0 Å². The highest BCUT2D eigenvalue weighted by Crippen LogP contribution is 2.27. The molecule has 0 saturated carbocycles. The Balaban J connectivity index is 2.96. The molecule has 0 fully saturated rings. The van der Waals surface area contributed by atoms with E-state index >= 15 is 0 Å². The van der Waals surface area contributed by atoms with Gasteiger partial charge in [0.15, 0.2) is 0 Å². The molecule has 0 heterocycles. The van der Waals surface area contributed by atoms with Gasteiger partial charge in [-0.3, -0.25) is 4.21 Å². The fraction of sp³-hybridized carbons (Fsp3) is 0.167. The lowest BCUT2D eigenvalue weighted by molar-refractivity contribution is 0.537. The van der Waals surface area contributed by atoms with E-state index in [9.17, 15) is 8.76 Å². The molecule has 0 aromatic heterocycles. The Morgan fingerprint density at radius 1 is 1.07 bits per heavy atom. The van der Waals surface area contributed by atoms with Crippen LogP contribution < -0.4 is 0 Å². The van der Waals surface area contributed by atoms with Crippen molar-refractivity contribution in [1.82, 2.24) is 0 Å². The van der Waals surface area contributed by atoms with E-state index in [1.807, 2.05) is 44.2 Å². The summed E-state index contributed by atoms with van der Waals surface area (Å²) in [6.07, 6.45) is 0. The van der Waals surface area contributed by atoms with E-state index < -0.39 is 11.1 Å². The number of benzene rings is 2. The third kappa shape index (κ3) is 1.68. The predicted molar refractivity (Wildman–Crippen MR) is 60.6 cm³/mol. The molecule has 0 aliphatic rings. The van der Waals surface area contributed by atoms with Crippen LogP contribution in [0.4, 0.5) is 0 Å². The van der Waals surface area contributed by atoms with Gasteiger partial charge >= 0.3 is 0 Å². The maximum atomic E-state index is 11.1. The Bertz CT molecular complexity index is 547. The fourth-order valence-electron chi connectivity index (χ4n) is 1.93. The van der Waals surface area contributed by atoms with Gasteiger partial charge < -0.3 is 4.55 Å². The van der Waals surface area contributed by atoms with E-state index in [0.29, 0.717) is 4.90 Å². The molecule has 15 heavy (non-hydrogen) atoms. The first kappa shape index (κ1) is 10.3. The molecule has 2 rings (SSSR count). The van der Waals surface area contributed by atoms with E-state index in [1.165, 1.54) is 0 Å². The highest BCUT2D eigenvalue weighted by atomic mass is 32.2. The Morgan fingerprint density at radius 2 is 1.67 bits per heavy atom. The Kier molecular flexibility index (Phi) is 2.59. The van der Waals surface area contributed by atoms with Gasteiger partial charge in [-0.1, -0.05) is 30.3 Å². The Labute approximate surface area is 91.2 Å². The second kappa shape index (κ2) is 3.76. The molecule has 0 radical (unpaired) electrons. The fourth-order valence-corrected chi connectivity index (χ4v) is 2.61. The summed E-state index contributed by atoms with van der Waals surface area (Å²) < 4.78 is 22.3. The maximum Gasteiger partial charge on any atom is 0.0356 e. The van der Waals surface area contributed by atoms with Crippen LogP contribution in [0.5, 0.6) is 0 Å². The van der Waals surface area contributed by atoms with Gasteiger partial charge in [0.1, 0.15) is 0 Å². The summed E-state index contributed by atoms with van der Waals surface area (Å²) in [7, 11) is 0. The smallest absolute Gasteiger partial charge is 0.0356 e. The minimum absolute atomic E-state index is 0.413. The van der Waals surface area contributed by atoms with Crippen molar-refractivity contribution in [2.24, 2.45) is 0 Å². The minimum atomic E-state index is -2.17. The molecule has 0 aliphatic carbocycles. The molecule has 78 valence electrons. The van der Waals surface area contributed by atoms with E-state index in [-0.39, 0.29) is 0 Å². The third-order valence-electron chi connectivity index (χ3n) is 2.55. The van der Waals surface area contributed by atoms with Gasteiger partial charge in [-0.2, -0.15) is 0 Å². The average Bonchev–Trinajstić information content (AvgIpc) is 2.17. The lowest BCUT2D eigenvalue weighted by Crippen LogP contribution is -1.96. The van der Waals surface area contributed by atoms with Crippen LogP contribution in [0.15, 0.2) is 35.2 Å². The molecule has 1 atom stereocenters. The van der Waals surface area contributed by atoms with Crippen molar-refractivity contribution in [3.63, 3.8) is 0 Å². The highest BCUT2D eigenvalue weighted by Gasteiger charge is 2.07. The SMILES string of the molecule is Cc1cc(C)c2ccccc2c1S(=O)[O-]. The summed E-state index contributed by atoms with van der Waals surface area (Å²) >= 11 is -2.17. The summed E-state index contributed by atoms with van der Waals surface area (Å²) in [6, 6.07) is 9.48. The first-order valence-electron chi connectivity index (χ1n) is 4.69. The summed E-state index contributed by atoms with van der Waals surface area (Å²) in [5.41, 5.74) is 1.91. The first-order chi connectivity index (χ1) is 7.11. The predicted octanol–water partition coefficient (Wildman–Crippen LogP) is 2.69. The molecule has 2 nitrogen and oxygen atoms in total. The number of hydrogen-bond donors (Lipinski definition) is 0. The zero-order valence-electron chi connectivity index (χ0n) is 8.61. The van der Waals surface area contributed by atoms with E-state index in [0.717, 1.165) is 21.9 Å². The minimum Gasteiger partial charge on any atom is -0.768 e. The van der Waals surface area contributed by atoms with Gasteiger partial charge in [-0.25, -0.2) is 0 Å². The van der Waals surface area contributed by atoms with Gasteiger partial charge in [-0.05, 0) is 46.8 Å². The quantitative estimate of drug-likeness (QED) is 0.692. The summed E-state index contributed by atoms with van der Waals surface area (Å²) in [6.45, 7) is 3.82. The van der Waals surface area contributed by atoms with Crippen molar-refractivity contribution in [3.05, 3.63) is 41.5 Å².